The second-order valence-corrected chi connectivity index (χ2v) is 7.54. The van der Waals surface area contributed by atoms with Gasteiger partial charge in [0.15, 0.2) is 11.0 Å². The van der Waals surface area contributed by atoms with Crippen LogP contribution in [0.1, 0.15) is 18.1 Å². The van der Waals surface area contributed by atoms with E-state index in [4.69, 9.17) is 11.6 Å². The number of rotatable bonds is 6. The summed E-state index contributed by atoms with van der Waals surface area (Å²) in [5.41, 5.74) is 3.82. The van der Waals surface area contributed by atoms with Gasteiger partial charge in [-0.05, 0) is 50.1 Å². The van der Waals surface area contributed by atoms with Crippen molar-refractivity contribution in [2.24, 2.45) is 0 Å². The quantitative estimate of drug-likeness (QED) is 0.593. The van der Waals surface area contributed by atoms with Crippen molar-refractivity contribution in [1.82, 2.24) is 14.8 Å². The molecule has 140 valence electrons. The lowest BCUT2D eigenvalue weighted by molar-refractivity contribution is -0.113. The molecule has 0 fully saturated rings. The van der Waals surface area contributed by atoms with E-state index in [-0.39, 0.29) is 11.7 Å². The smallest absolute Gasteiger partial charge is 0.234 e. The Bertz CT molecular complexity index is 970. The molecule has 3 aromatic rings. The van der Waals surface area contributed by atoms with Crippen LogP contribution in [0.4, 0.5) is 5.69 Å². The Labute approximate surface area is 168 Å². The topological polar surface area (TPSA) is 59.8 Å². The van der Waals surface area contributed by atoms with Gasteiger partial charge < -0.3 is 9.88 Å². The molecule has 0 atom stereocenters. The standard InChI is InChI=1S/C20H21ClN4OS/c1-4-25-19(15-7-5-6-8-16(15)21)23-24-20(25)27-12-18(26)22-17-11-13(2)9-10-14(17)3/h5-11H,4,12H2,1-3H3,(H,22,26). The highest BCUT2D eigenvalue weighted by molar-refractivity contribution is 7.99. The fraction of sp³-hybridized carbons (Fsp3) is 0.250. The molecule has 5 nitrogen and oxygen atoms in total. The van der Waals surface area contributed by atoms with Gasteiger partial charge >= 0.3 is 0 Å². The maximum absolute atomic E-state index is 12.4. The fourth-order valence-corrected chi connectivity index (χ4v) is 3.73. The summed E-state index contributed by atoms with van der Waals surface area (Å²) in [5.74, 6) is 0.896. The van der Waals surface area contributed by atoms with Gasteiger partial charge in [0.2, 0.25) is 5.91 Å². The lowest BCUT2D eigenvalue weighted by atomic mass is 10.1. The highest BCUT2D eigenvalue weighted by Gasteiger charge is 2.16. The van der Waals surface area contributed by atoms with Crippen molar-refractivity contribution in [3.05, 3.63) is 58.6 Å². The van der Waals surface area contributed by atoms with Gasteiger partial charge in [0.05, 0.1) is 10.8 Å². The fourth-order valence-electron chi connectivity index (χ4n) is 2.71. The second-order valence-electron chi connectivity index (χ2n) is 6.19. The molecule has 7 heteroatoms. The molecule has 1 amide bonds. The van der Waals surface area contributed by atoms with Gasteiger partial charge in [-0.15, -0.1) is 10.2 Å². The number of halogens is 1. The third kappa shape index (κ3) is 4.51. The van der Waals surface area contributed by atoms with Crippen LogP contribution in [-0.2, 0) is 11.3 Å². The first-order valence-corrected chi connectivity index (χ1v) is 10.0. The Morgan fingerprint density at radius 2 is 1.96 bits per heavy atom. The van der Waals surface area contributed by atoms with E-state index in [1.54, 1.807) is 0 Å². The van der Waals surface area contributed by atoms with E-state index in [1.807, 2.05) is 67.8 Å². The predicted molar refractivity (Wildman–Crippen MR) is 111 cm³/mol. The van der Waals surface area contributed by atoms with Gasteiger partial charge in [0.1, 0.15) is 0 Å². The number of nitrogens with one attached hydrogen (secondary N) is 1. The van der Waals surface area contributed by atoms with Crippen molar-refractivity contribution in [3.8, 4) is 11.4 Å². The van der Waals surface area contributed by atoms with Crippen LogP contribution < -0.4 is 5.32 Å². The lowest BCUT2D eigenvalue weighted by Gasteiger charge is -2.10. The van der Waals surface area contributed by atoms with Crippen molar-refractivity contribution in [2.75, 3.05) is 11.1 Å². The van der Waals surface area contributed by atoms with Gasteiger partial charge in [-0.1, -0.05) is 47.6 Å². The van der Waals surface area contributed by atoms with Crippen molar-refractivity contribution >= 4 is 35.0 Å². The molecule has 2 aromatic carbocycles. The van der Waals surface area contributed by atoms with Gasteiger partial charge in [0, 0.05) is 17.8 Å². The molecule has 0 aliphatic heterocycles. The number of amides is 1. The van der Waals surface area contributed by atoms with Crippen LogP contribution in [0, 0.1) is 13.8 Å². The number of hydrogen-bond acceptors (Lipinski definition) is 4. The van der Waals surface area contributed by atoms with E-state index in [2.05, 4.69) is 15.5 Å². The molecule has 1 aromatic heterocycles. The summed E-state index contributed by atoms with van der Waals surface area (Å²) in [6.45, 7) is 6.69. The molecule has 0 unspecified atom stereocenters. The summed E-state index contributed by atoms with van der Waals surface area (Å²) >= 11 is 7.65. The van der Waals surface area contributed by atoms with Crippen LogP contribution in [0.25, 0.3) is 11.4 Å². The minimum absolute atomic E-state index is 0.0707. The number of thioether (sulfide) groups is 1. The Morgan fingerprint density at radius 1 is 1.19 bits per heavy atom. The Balaban J connectivity index is 1.72. The molecule has 0 radical (unpaired) electrons. The third-order valence-electron chi connectivity index (χ3n) is 4.15. The largest absolute Gasteiger partial charge is 0.325 e. The average molecular weight is 401 g/mol. The van der Waals surface area contributed by atoms with Crippen LogP contribution in [0.2, 0.25) is 5.02 Å². The molecule has 3 rings (SSSR count). The number of hydrogen-bond donors (Lipinski definition) is 1. The summed E-state index contributed by atoms with van der Waals surface area (Å²) in [6, 6.07) is 13.5. The van der Waals surface area contributed by atoms with Crippen LogP contribution in [0.5, 0.6) is 0 Å². The Kier molecular flexibility index (Phi) is 6.19. The molecule has 0 saturated carbocycles. The monoisotopic (exact) mass is 400 g/mol. The SMILES string of the molecule is CCn1c(SCC(=O)Nc2cc(C)ccc2C)nnc1-c1ccccc1Cl. The van der Waals surface area contributed by atoms with Gasteiger partial charge in [0.25, 0.3) is 0 Å². The zero-order chi connectivity index (χ0) is 19.4. The molecular formula is C20H21ClN4OS. The highest BCUT2D eigenvalue weighted by atomic mass is 35.5. The van der Waals surface area contributed by atoms with Crippen LogP contribution >= 0.6 is 23.4 Å². The summed E-state index contributed by atoms with van der Waals surface area (Å²) in [4.78, 5) is 12.4. The number of carbonyl (C=O) groups is 1. The normalized spacial score (nSPS) is 10.8. The van der Waals surface area contributed by atoms with Crippen molar-refractivity contribution < 1.29 is 4.79 Å². The maximum Gasteiger partial charge on any atom is 0.234 e. The first-order chi connectivity index (χ1) is 13.0. The second kappa shape index (κ2) is 8.59. The summed E-state index contributed by atoms with van der Waals surface area (Å²) in [7, 11) is 0. The van der Waals surface area contributed by atoms with E-state index in [0.717, 1.165) is 22.4 Å². The zero-order valence-corrected chi connectivity index (χ0v) is 17.1. The molecule has 0 spiro atoms. The number of carbonyl (C=O) groups excluding carboxylic acids is 1. The number of aryl methyl sites for hydroxylation is 2. The minimum atomic E-state index is -0.0707. The first-order valence-electron chi connectivity index (χ1n) is 8.67. The number of aromatic nitrogens is 3. The first kappa shape index (κ1) is 19.5. The molecule has 0 aliphatic rings. The predicted octanol–water partition coefficient (Wildman–Crippen LogP) is 4.97. The van der Waals surface area contributed by atoms with E-state index >= 15 is 0 Å². The van der Waals surface area contributed by atoms with Gasteiger partial charge in [-0.2, -0.15) is 0 Å². The van der Waals surface area contributed by atoms with Crippen LogP contribution in [0.3, 0.4) is 0 Å². The summed E-state index contributed by atoms with van der Waals surface area (Å²) < 4.78 is 1.97. The lowest BCUT2D eigenvalue weighted by Crippen LogP contribution is -2.15. The van der Waals surface area contributed by atoms with Crippen molar-refractivity contribution in [3.63, 3.8) is 0 Å². The van der Waals surface area contributed by atoms with Crippen LogP contribution in [0.15, 0.2) is 47.6 Å². The van der Waals surface area contributed by atoms with E-state index in [1.165, 1.54) is 11.8 Å². The number of anilines is 1. The molecule has 1 N–H and O–H groups in total. The minimum Gasteiger partial charge on any atom is -0.325 e. The summed E-state index contributed by atoms with van der Waals surface area (Å²) in [5, 5.41) is 12.8. The van der Waals surface area contributed by atoms with Crippen molar-refractivity contribution in [1.29, 1.82) is 0 Å². The van der Waals surface area contributed by atoms with Gasteiger partial charge in [-0.3, -0.25) is 4.79 Å². The molecular weight excluding hydrogens is 380 g/mol. The number of benzene rings is 2. The van der Waals surface area contributed by atoms with Gasteiger partial charge in [-0.25, -0.2) is 0 Å². The molecule has 0 saturated heterocycles. The third-order valence-corrected chi connectivity index (χ3v) is 5.44. The Morgan fingerprint density at radius 3 is 2.70 bits per heavy atom. The van der Waals surface area contributed by atoms with E-state index in [9.17, 15) is 4.79 Å². The Hall–Kier alpha value is -2.31. The molecule has 27 heavy (non-hydrogen) atoms. The van der Waals surface area contributed by atoms with E-state index in [0.29, 0.717) is 22.5 Å². The summed E-state index contributed by atoms with van der Waals surface area (Å²) in [6.07, 6.45) is 0. The average Bonchev–Trinajstić information content (AvgIpc) is 3.06. The van der Waals surface area contributed by atoms with Crippen LogP contribution in [-0.4, -0.2) is 26.4 Å². The molecule has 1 heterocycles. The maximum atomic E-state index is 12.4. The van der Waals surface area contributed by atoms with E-state index < -0.39 is 0 Å². The number of nitrogens with zero attached hydrogens (tertiary/aromatic N) is 3. The van der Waals surface area contributed by atoms with Crippen molar-refractivity contribution in [2.45, 2.75) is 32.5 Å². The molecule has 0 bridgehead atoms. The molecule has 0 aliphatic carbocycles. The highest BCUT2D eigenvalue weighted by Crippen LogP contribution is 2.29. The zero-order valence-electron chi connectivity index (χ0n) is 15.5.